The van der Waals surface area contributed by atoms with Crippen LogP contribution in [-0.2, 0) is 29.2 Å². The quantitative estimate of drug-likeness (QED) is 0.396. The van der Waals surface area contributed by atoms with E-state index in [0.29, 0.717) is 24.9 Å². The summed E-state index contributed by atoms with van der Waals surface area (Å²) in [5.74, 6) is 2.17. The van der Waals surface area contributed by atoms with E-state index in [-0.39, 0.29) is 18.6 Å². The Morgan fingerprint density at radius 1 is 1.07 bits per heavy atom. The smallest absolute Gasteiger partial charge is 0.415 e. The molecule has 2 aliphatic heterocycles. The highest BCUT2D eigenvalue weighted by Gasteiger charge is 2.26. The maximum absolute atomic E-state index is 11.9. The number of nitrogens with one attached hydrogen (secondary N) is 1. The Morgan fingerprint density at radius 2 is 1.66 bits per heavy atom. The van der Waals surface area contributed by atoms with E-state index < -0.39 is 0 Å². The van der Waals surface area contributed by atoms with Gasteiger partial charge in [-0.05, 0) is 30.0 Å². The zero-order chi connectivity index (χ0) is 30.2. The average Bonchev–Trinajstić information content (AvgIpc) is 3.80. The van der Waals surface area contributed by atoms with Crippen molar-refractivity contribution in [3.05, 3.63) is 59.8 Å². The van der Waals surface area contributed by atoms with Crippen molar-refractivity contribution in [1.82, 2.24) is 19.8 Å². The Hall–Kier alpha value is -3.46. The van der Waals surface area contributed by atoms with Crippen molar-refractivity contribution >= 4 is 23.8 Å². The predicted molar refractivity (Wildman–Crippen MR) is 167 cm³/mol. The summed E-state index contributed by atoms with van der Waals surface area (Å²) in [6.07, 6.45) is 6.92. The molecule has 9 nitrogen and oxygen atoms in total. The van der Waals surface area contributed by atoms with Gasteiger partial charge in [0.1, 0.15) is 12.4 Å². The summed E-state index contributed by atoms with van der Waals surface area (Å²) >= 11 is 0. The van der Waals surface area contributed by atoms with E-state index in [1.807, 2.05) is 25.7 Å². The third-order valence-electron chi connectivity index (χ3n) is 6.59. The van der Waals surface area contributed by atoms with Gasteiger partial charge in [-0.15, -0.1) is 0 Å². The summed E-state index contributed by atoms with van der Waals surface area (Å²) in [6, 6.07) is 8.43. The van der Waals surface area contributed by atoms with Crippen LogP contribution in [0.15, 0.2) is 43.1 Å². The minimum Gasteiger partial charge on any atom is -0.444 e. The molecule has 3 heterocycles. The van der Waals surface area contributed by atoms with Crippen molar-refractivity contribution in [2.45, 2.75) is 80.5 Å². The summed E-state index contributed by atoms with van der Waals surface area (Å²) in [7, 11) is 0. The van der Waals surface area contributed by atoms with Gasteiger partial charge in [0.25, 0.3) is 0 Å². The molecule has 1 aromatic heterocycles. The lowest BCUT2D eigenvalue weighted by molar-refractivity contribution is -0.127. The van der Waals surface area contributed by atoms with Gasteiger partial charge in [-0.25, -0.2) is 9.78 Å². The Labute approximate surface area is 247 Å². The predicted octanol–water partition coefficient (Wildman–Crippen LogP) is 6.25. The van der Waals surface area contributed by atoms with E-state index >= 15 is 0 Å². The summed E-state index contributed by atoms with van der Waals surface area (Å²) in [5.41, 5.74) is 3.15. The molecule has 0 radical (unpaired) electrons. The van der Waals surface area contributed by atoms with Crippen LogP contribution in [0.2, 0.25) is 0 Å². The largest absolute Gasteiger partial charge is 0.444 e. The molecule has 9 heteroatoms. The molecule has 1 aliphatic carbocycles. The number of hydrogen-bond donors (Lipinski definition) is 1. The molecule has 0 atom stereocenters. The van der Waals surface area contributed by atoms with Crippen molar-refractivity contribution in [2.24, 2.45) is 5.92 Å². The fourth-order valence-corrected chi connectivity index (χ4v) is 4.03. The van der Waals surface area contributed by atoms with Crippen LogP contribution < -0.4 is 10.2 Å². The first-order valence-electron chi connectivity index (χ1n) is 15.1. The molecule has 1 saturated carbocycles. The van der Waals surface area contributed by atoms with Gasteiger partial charge >= 0.3 is 6.09 Å². The summed E-state index contributed by atoms with van der Waals surface area (Å²) < 4.78 is 5.13. The molecule has 1 saturated heterocycles. The molecule has 0 spiro atoms. The summed E-state index contributed by atoms with van der Waals surface area (Å²) in [5, 5.41) is 3.24. The van der Waals surface area contributed by atoms with Gasteiger partial charge in [0.15, 0.2) is 0 Å². The third kappa shape index (κ3) is 11.1. The maximum atomic E-state index is 11.9. The topological polar surface area (TPSA) is 90.9 Å². The number of carbonyl (C=O) groups excluding carboxylic acids is 2. The SMILES string of the molecule is C=CC(=O)N1CCN(Cc2ccc(CNc3ncc4c(n3)N(CC)C(=O)OC4)cc2)CC1.CC.CC1CC1.CCC. The van der Waals surface area contributed by atoms with Crippen molar-refractivity contribution in [2.75, 3.05) is 42.9 Å². The molecule has 2 aromatic rings. The minimum atomic E-state index is -0.381. The lowest BCUT2D eigenvalue weighted by atomic mass is 10.1. The fourth-order valence-electron chi connectivity index (χ4n) is 4.03. The number of piperazine rings is 1. The van der Waals surface area contributed by atoms with E-state index in [1.165, 1.54) is 35.8 Å². The summed E-state index contributed by atoms with van der Waals surface area (Å²) in [4.78, 5) is 38.2. The lowest BCUT2D eigenvalue weighted by Gasteiger charge is -2.34. The number of carbonyl (C=O) groups is 2. The standard InChI is InChI=1S/C23H28N6O3.C4H8.C3H8.C2H6/c1-3-20(30)28-11-9-27(10-12-28)15-18-7-5-17(6-8-18)13-24-22-25-14-19-16-32-23(31)29(4-2)21(19)26-22;1-4-2-3-4;1-3-2;1-2/h3,5-8,14H,1,4,9-13,15-16H2,2H3,(H,24,25,26);4H,2-3H2,1H3;3H2,1-2H3;1-2H3. The second-order valence-electron chi connectivity index (χ2n) is 10.2. The number of benzene rings is 1. The van der Waals surface area contributed by atoms with E-state index in [4.69, 9.17) is 4.74 Å². The highest BCUT2D eigenvalue weighted by atomic mass is 16.6. The number of anilines is 2. The van der Waals surface area contributed by atoms with Gasteiger partial charge in [0, 0.05) is 52.0 Å². The number of hydrogen-bond acceptors (Lipinski definition) is 7. The van der Waals surface area contributed by atoms with Crippen LogP contribution in [0, 0.1) is 5.92 Å². The van der Waals surface area contributed by atoms with E-state index in [9.17, 15) is 9.59 Å². The van der Waals surface area contributed by atoms with Gasteiger partial charge in [0.05, 0.1) is 5.56 Å². The molecule has 226 valence electrons. The van der Waals surface area contributed by atoms with Crippen LogP contribution in [0.5, 0.6) is 0 Å². The highest BCUT2D eigenvalue weighted by Crippen LogP contribution is 2.27. The van der Waals surface area contributed by atoms with Crippen LogP contribution in [0.25, 0.3) is 0 Å². The number of nitrogens with zero attached hydrogens (tertiary/aromatic N) is 5. The molecule has 3 aliphatic rings. The Kier molecular flexibility index (Phi) is 14.9. The normalized spacial score (nSPS) is 15.9. The van der Waals surface area contributed by atoms with Crippen molar-refractivity contribution in [3.8, 4) is 0 Å². The molecule has 1 N–H and O–H groups in total. The van der Waals surface area contributed by atoms with Crippen LogP contribution in [-0.4, -0.2) is 64.5 Å². The number of cyclic esters (lactones) is 1. The molecule has 0 unspecified atom stereocenters. The van der Waals surface area contributed by atoms with Crippen LogP contribution in [0.1, 0.15) is 77.5 Å². The Morgan fingerprint density at radius 3 is 2.20 bits per heavy atom. The second kappa shape index (κ2) is 18.1. The molecule has 0 bridgehead atoms. The molecule has 2 fully saturated rings. The number of aromatic nitrogens is 2. The first-order valence-corrected chi connectivity index (χ1v) is 15.1. The molecule has 5 rings (SSSR count). The molecule has 41 heavy (non-hydrogen) atoms. The number of ether oxygens (including phenoxy) is 1. The lowest BCUT2D eigenvalue weighted by Crippen LogP contribution is -2.47. The van der Waals surface area contributed by atoms with Gasteiger partial charge in [-0.2, -0.15) is 4.98 Å². The molecule has 1 aromatic carbocycles. The second-order valence-corrected chi connectivity index (χ2v) is 10.2. The maximum Gasteiger partial charge on any atom is 0.415 e. The van der Waals surface area contributed by atoms with Gasteiger partial charge < -0.3 is 15.0 Å². The number of fused-ring (bicyclic) bond motifs is 1. The first-order chi connectivity index (χ1) is 19.9. The zero-order valence-corrected chi connectivity index (χ0v) is 26.0. The van der Waals surface area contributed by atoms with Crippen LogP contribution in [0.4, 0.5) is 16.6 Å². The van der Waals surface area contributed by atoms with E-state index in [0.717, 1.165) is 49.8 Å². The highest BCUT2D eigenvalue weighted by molar-refractivity contribution is 5.89. The number of amides is 2. The van der Waals surface area contributed by atoms with Crippen LogP contribution in [0.3, 0.4) is 0 Å². The minimum absolute atomic E-state index is 0.00624. The number of rotatable bonds is 7. The van der Waals surface area contributed by atoms with Crippen molar-refractivity contribution in [3.63, 3.8) is 0 Å². The van der Waals surface area contributed by atoms with Crippen molar-refractivity contribution in [1.29, 1.82) is 0 Å². The third-order valence-corrected chi connectivity index (χ3v) is 6.59. The Balaban J connectivity index is 0.000000571. The van der Waals surface area contributed by atoms with Crippen LogP contribution >= 0.6 is 0 Å². The zero-order valence-electron chi connectivity index (χ0n) is 26.0. The van der Waals surface area contributed by atoms with E-state index in [1.54, 1.807) is 6.20 Å². The fraction of sp³-hybridized carbons (Fsp3) is 0.562. The van der Waals surface area contributed by atoms with E-state index in [2.05, 4.69) is 71.8 Å². The molecule has 2 amide bonds. The monoisotopic (exact) mass is 566 g/mol. The Bertz CT molecular complexity index is 1080. The first kappa shape index (κ1) is 33.7. The summed E-state index contributed by atoms with van der Waals surface area (Å²) in [6.45, 7) is 21.3. The van der Waals surface area contributed by atoms with Gasteiger partial charge in [-0.3, -0.25) is 14.6 Å². The molecular formula is C32H50N6O3. The molecular weight excluding hydrogens is 516 g/mol. The van der Waals surface area contributed by atoms with Gasteiger partial charge in [-0.1, -0.05) is 84.7 Å². The van der Waals surface area contributed by atoms with Crippen molar-refractivity contribution < 1.29 is 14.3 Å². The average molecular weight is 567 g/mol. The van der Waals surface area contributed by atoms with Gasteiger partial charge in [0.2, 0.25) is 11.9 Å².